The Labute approximate surface area is 841 Å². The van der Waals surface area contributed by atoms with E-state index in [9.17, 15) is 0 Å². The molecule has 0 aliphatic heterocycles. The lowest BCUT2D eigenvalue weighted by molar-refractivity contribution is 0.759. The van der Waals surface area contributed by atoms with Crippen molar-refractivity contribution >= 4 is 99.4 Å². The summed E-state index contributed by atoms with van der Waals surface area (Å²) in [5.74, 6) is 0. The summed E-state index contributed by atoms with van der Waals surface area (Å²) in [6.45, 7) is 25.5. The Morgan fingerprint density at radius 2 is 0.461 bits per heavy atom. The molecule has 20 aromatic carbocycles. The number of fused-ring (bicyclic) bond motifs is 9. The molecule has 0 spiro atoms. The molecule has 141 heavy (non-hydrogen) atoms. The fourth-order valence-electron chi connectivity index (χ4n) is 21.9. The van der Waals surface area contributed by atoms with Crippen LogP contribution in [0.3, 0.4) is 0 Å². The SMILES string of the molecule is C=Cc1ccc(C2(c3cc(C)ccc3C)c3ccccc3-c3ccc(Br)cc32)cc1.C=Cc1ccc(C2(c3cc(C)ccc3C)c3ccccc3-c3ccc(N(c4ccccc4)c4ccc(-c5ccc(N(c6ccccc6)c6ccc7c(c6)C(c6ccc(C=C)cc6)(c6cc(C)ccc6C)c6ccccc6-7)cc5)cc4)cc32)cc1.[B].c1ccc(Nc2ccc(-c3ccc(Nc4ccccc4)cc3)cc2)cc1. The van der Waals surface area contributed by atoms with Gasteiger partial charge in [0.15, 0.2) is 0 Å². The van der Waals surface area contributed by atoms with E-state index in [4.69, 9.17) is 0 Å². The second-order valence-electron chi connectivity index (χ2n) is 37.0. The van der Waals surface area contributed by atoms with E-state index in [-0.39, 0.29) is 13.8 Å². The lowest BCUT2D eigenvalue weighted by atomic mass is 9.66. The van der Waals surface area contributed by atoms with Crippen LogP contribution in [0.5, 0.6) is 0 Å². The van der Waals surface area contributed by atoms with Gasteiger partial charge in [-0.3, -0.25) is 0 Å². The van der Waals surface area contributed by atoms with Gasteiger partial charge in [-0.25, -0.2) is 0 Å². The van der Waals surface area contributed by atoms with Crippen LogP contribution in [0.25, 0.3) is 73.9 Å². The molecule has 0 bridgehead atoms. The van der Waals surface area contributed by atoms with Gasteiger partial charge in [-0.2, -0.15) is 0 Å². The predicted octanol–water partition coefficient (Wildman–Crippen LogP) is 36.1. The third kappa shape index (κ3) is 17.1. The number of nitrogens with one attached hydrogen (secondary N) is 2. The molecule has 0 heterocycles. The first-order valence-corrected chi connectivity index (χ1v) is 49.0. The van der Waals surface area contributed by atoms with Crippen LogP contribution in [0.1, 0.15) is 117 Å². The van der Waals surface area contributed by atoms with Crippen LogP contribution in [-0.4, -0.2) is 8.41 Å². The maximum Gasteiger partial charge on any atom is 0.0716 e. The van der Waals surface area contributed by atoms with Gasteiger partial charge in [0.25, 0.3) is 0 Å². The number of benzene rings is 20. The summed E-state index contributed by atoms with van der Waals surface area (Å²) in [7, 11) is 0. The number of rotatable bonds is 21. The summed E-state index contributed by atoms with van der Waals surface area (Å²) in [6, 6.07) is 173. The zero-order valence-corrected chi connectivity index (χ0v) is 81.8. The van der Waals surface area contributed by atoms with Crippen LogP contribution >= 0.6 is 15.9 Å². The molecule has 0 saturated heterocycles. The fraction of sp³-hybridized carbons (Fsp3) is 0.0667. The summed E-state index contributed by atoms with van der Waals surface area (Å²) in [4.78, 5) is 4.81. The van der Waals surface area contributed by atoms with E-state index in [2.05, 4.69) is 534 Å². The van der Waals surface area contributed by atoms with E-state index in [1.807, 2.05) is 54.6 Å². The van der Waals surface area contributed by atoms with Crippen molar-refractivity contribution < 1.29 is 0 Å². The Morgan fingerprint density at radius 1 is 0.213 bits per heavy atom. The number of para-hydroxylation sites is 4. The smallest absolute Gasteiger partial charge is 0.0716 e. The van der Waals surface area contributed by atoms with E-state index in [1.165, 1.54) is 145 Å². The van der Waals surface area contributed by atoms with Gasteiger partial charge < -0.3 is 20.4 Å². The van der Waals surface area contributed by atoms with Gasteiger partial charge in [0.2, 0.25) is 0 Å². The van der Waals surface area contributed by atoms with Gasteiger partial charge in [0.1, 0.15) is 0 Å². The molecule has 20 aromatic rings. The molecule has 3 aliphatic rings. The molecule has 3 radical (unpaired) electrons. The van der Waals surface area contributed by atoms with Crippen molar-refractivity contribution in [3.63, 3.8) is 0 Å². The minimum absolute atomic E-state index is 0. The predicted molar refractivity (Wildman–Crippen MR) is 603 cm³/mol. The maximum absolute atomic E-state index is 4.10. The number of hydrogen-bond acceptors (Lipinski definition) is 4. The lowest BCUT2D eigenvalue weighted by Crippen LogP contribution is -2.30. The van der Waals surface area contributed by atoms with Crippen LogP contribution in [0.2, 0.25) is 0 Å². The van der Waals surface area contributed by atoms with Gasteiger partial charge in [0, 0.05) is 69.8 Å². The molecule has 6 heteroatoms. The molecule has 23 rings (SSSR count). The Balaban J connectivity index is 0.000000172. The highest BCUT2D eigenvalue weighted by Gasteiger charge is 2.51. The molecular weight excluding hydrogens is 1770 g/mol. The quantitative estimate of drug-likeness (QED) is 0.0702. The summed E-state index contributed by atoms with van der Waals surface area (Å²) >= 11 is 3.75. The Bertz CT molecular complexity index is 7630. The normalized spacial score (nSPS) is 14.6. The first kappa shape index (κ1) is 92.1. The van der Waals surface area contributed by atoms with Crippen LogP contribution < -0.4 is 20.4 Å². The van der Waals surface area contributed by atoms with Crippen LogP contribution in [0.4, 0.5) is 56.9 Å². The molecular formula is C135H107BBrN4. The number of nitrogens with zero attached hydrogens (tertiary/aromatic N) is 2. The lowest BCUT2D eigenvalue weighted by Gasteiger charge is -2.36. The molecule has 0 amide bonds. The highest BCUT2D eigenvalue weighted by Crippen LogP contribution is 2.62. The van der Waals surface area contributed by atoms with E-state index in [0.717, 1.165) is 89.2 Å². The third-order valence-electron chi connectivity index (χ3n) is 28.6. The average Bonchev–Trinajstić information content (AvgIpc) is 1.55. The van der Waals surface area contributed by atoms with E-state index in [1.54, 1.807) is 0 Å². The molecule has 0 aromatic heterocycles. The summed E-state index contributed by atoms with van der Waals surface area (Å²) in [5, 5.41) is 6.82. The molecule has 3 aliphatic carbocycles. The number of halogens is 1. The molecule has 2 N–H and O–H groups in total. The highest BCUT2D eigenvalue weighted by molar-refractivity contribution is 9.10. The van der Waals surface area contributed by atoms with Gasteiger partial charge in [-0.15, -0.1) is 0 Å². The Kier molecular flexibility index (Phi) is 25.8. The Morgan fingerprint density at radius 3 is 0.773 bits per heavy atom. The number of hydrogen-bond donors (Lipinski definition) is 2. The second-order valence-corrected chi connectivity index (χ2v) is 38.0. The molecule has 3 unspecified atom stereocenters. The first-order valence-electron chi connectivity index (χ1n) is 48.2. The minimum atomic E-state index is -0.567. The van der Waals surface area contributed by atoms with Crippen LogP contribution in [0.15, 0.2) is 497 Å². The summed E-state index contributed by atoms with van der Waals surface area (Å²) in [6.07, 6.45) is 5.76. The average molecular weight is 1880 g/mol. The second kappa shape index (κ2) is 39.5. The fourth-order valence-corrected chi connectivity index (χ4v) is 22.2. The minimum Gasteiger partial charge on any atom is -0.356 e. The number of aryl methyl sites for hydroxylation is 6. The van der Waals surface area contributed by atoms with Crippen LogP contribution in [0, 0.1) is 41.5 Å². The molecule has 4 nitrogen and oxygen atoms in total. The zero-order chi connectivity index (χ0) is 95.6. The first-order chi connectivity index (χ1) is 68.6. The standard InChI is InChI=1S/C82H64N2.C29H23Br.C24H20N2.B/c1-7-59-31-39-63(40-32-59)81(77-51-55(3)27-29-57(77)5)75-25-17-15-23-71(75)73-49-47-69(53-79(73)81)83(65-19-11-9-12-20-65)67-43-35-61(36-44-67)62-37-45-68(46-38-62)84(66-21-13-10-14-22-66)70-48-50-74-72-24-16-18-26-76(72)82(80(74)54-70,64-41-33-60(8-2)34-42-64)78-52-56(4)28-30-58(78)6;1-4-21-11-13-22(14-12-21)29(27-17-19(2)9-10-20(27)3)26-8-6-5-7-24(26)25-16-15-23(30)18-28(25)29;1-3-7-21(8-4-1)25-23-15-11-19(12-16-23)20-13-17-24(18-14-20)26-22-9-5-2-6-10-22;/h7-54H,1-2H2,3-6H3;4-18H,1H2,2-3H3;1-18,25-26H;. The molecule has 677 valence electrons. The molecule has 0 saturated carbocycles. The third-order valence-corrected chi connectivity index (χ3v) is 29.0. The summed E-state index contributed by atoms with van der Waals surface area (Å²) in [5.41, 5.74) is 48.1. The van der Waals surface area contributed by atoms with Gasteiger partial charge >= 0.3 is 0 Å². The van der Waals surface area contributed by atoms with Gasteiger partial charge in [-0.05, 0) is 331 Å². The van der Waals surface area contributed by atoms with Gasteiger partial charge in [-0.1, -0.05) is 410 Å². The van der Waals surface area contributed by atoms with E-state index >= 15 is 0 Å². The van der Waals surface area contributed by atoms with Crippen molar-refractivity contribution in [1.29, 1.82) is 0 Å². The largest absolute Gasteiger partial charge is 0.356 e. The summed E-state index contributed by atoms with van der Waals surface area (Å²) < 4.78 is 1.10. The molecule has 0 fully saturated rings. The van der Waals surface area contributed by atoms with Crippen molar-refractivity contribution in [2.75, 3.05) is 20.4 Å². The van der Waals surface area contributed by atoms with Crippen molar-refractivity contribution in [3.8, 4) is 55.6 Å². The maximum atomic E-state index is 4.10. The Hall–Kier alpha value is -16.6. The van der Waals surface area contributed by atoms with Crippen molar-refractivity contribution in [3.05, 3.63) is 614 Å². The topological polar surface area (TPSA) is 30.5 Å². The monoisotopic (exact) mass is 1870 g/mol. The van der Waals surface area contributed by atoms with Gasteiger partial charge in [0.05, 0.1) is 16.2 Å². The van der Waals surface area contributed by atoms with Crippen molar-refractivity contribution in [2.24, 2.45) is 0 Å². The molecule has 3 atom stereocenters. The number of anilines is 10. The van der Waals surface area contributed by atoms with Crippen molar-refractivity contribution in [1.82, 2.24) is 0 Å². The highest BCUT2D eigenvalue weighted by atomic mass is 79.9. The zero-order valence-electron chi connectivity index (χ0n) is 80.2. The van der Waals surface area contributed by atoms with Crippen molar-refractivity contribution in [2.45, 2.75) is 57.8 Å². The van der Waals surface area contributed by atoms with E-state index < -0.39 is 10.8 Å². The van der Waals surface area contributed by atoms with Crippen LogP contribution in [-0.2, 0) is 16.2 Å². The van der Waals surface area contributed by atoms with E-state index in [0.29, 0.717) is 0 Å².